The number of nitriles is 1. The van der Waals surface area contributed by atoms with Crippen LogP contribution in [0.2, 0.25) is 0 Å². The number of amides is 1. The molecule has 1 aliphatic carbocycles. The van der Waals surface area contributed by atoms with E-state index in [0.29, 0.717) is 13.2 Å². The third-order valence-electron chi connectivity index (χ3n) is 5.04. The highest BCUT2D eigenvalue weighted by molar-refractivity contribution is 8.00. The Hall–Kier alpha value is -1.87. The Morgan fingerprint density at radius 3 is 2.60 bits per heavy atom. The van der Waals surface area contributed by atoms with Gasteiger partial charge >= 0.3 is 0 Å². The highest BCUT2D eigenvalue weighted by Crippen LogP contribution is 2.37. The minimum atomic E-state index is -0.642. The molecule has 5 nitrogen and oxygen atoms in total. The molecule has 134 valence electrons. The molecule has 1 amide bonds. The van der Waals surface area contributed by atoms with E-state index in [-0.39, 0.29) is 11.2 Å². The van der Waals surface area contributed by atoms with Crippen LogP contribution in [0.25, 0.3) is 0 Å². The van der Waals surface area contributed by atoms with Crippen LogP contribution < -0.4 is 9.47 Å². The molecule has 1 aliphatic heterocycles. The van der Waals surface area contributed by atoms with Crippen LogP contribution in [-0.4, -0.2) is 41.9 Å². The van der Waals surface area contributed by atoms with Gasteiger partial charge in [0, 0.05) is 11.9 Å². The molecule has 0 unspecified atom stereocenters. The van der Waals surface area contributed by atoms with Crippen LogP contribution >= 0.6 is 11.8 Å². The van der Waals surface area contributed by atoms with Crippen LogP contribution in [0, 0.1) is 11.3 Å². The quantitative estimate of drug-likeness (QED) is 0.768. The average Bonchev–Trinajstić information content (AvgIpc) is 2.67. The molecule has 0 N–H and O–H groups in total. The summed E-state index contributed by atoms with van der Waals surface area (Å²) in [6.07, 6.45) is 4.71. The Bertz CT molecular complexity index is 680. The first kappa shape index (κ1) is 17.9. The molecule has 1 saturated carbocycles. The Kier molecular flexibility index (Phi) is 5.43. The van der Waals surface area contributed by atoms with Crippen LogP contribution in [0.5, 0.6) is 11.5 Å². The molecule has 6 heteroatoms. The molecule has 25 heavy (non-hydrogen) atoms. The van der Waals surface area contributed by atoms with E-state index in [1.807, 2.05) is 25.1 Å². The van der Waals surface area contributed by atoms with Crippen molar-refractivity contribution >= 4 is 17.7 Å². The van der Waals surface area contributed by atoms with E-state index in [4.69, 9.17) is 9.47 Å². The third kappa shape index (κ3) is 3.72. The second-order valence-corrected chi connectivity index (χ2v) is 8.08. The molecular formula is C19H24N2O3S. The molecule has 0 radical (unpaired) electrons. The van der Waals surface area contributed by atoms with Gasteiger partial charge in [-0.3, -0.25) is 4.79 Å². The van der Waals surface area contributed by atoms with Crippen molar-refractivity contribution in [3.8, 4) is 17.6 Å². The number of carbonyl (C=O) groups is 1. The van der Waals surface area contributed by atoms with Gasteiger partial charge in [-0.1, -0.05) is 19.3 Å². The van der Waals surface area contributed by atoms with Crippen molar-refractivity contribution in [3.05, 3.63) is 18.2 Å². The molecule has 0 saturated heterocycles. The Morgan fingerprint density at radius 2 is 1.92 bits per heavy atom. The molecule has 1 aromatic carbocycles. The smallest absolute Gasteiger partial charge is 0.236 e. The van der Waals surface area contributed by atoms with Crippen molar-refractivity contribution in [2.45, 2.75) is 54.7 Å². The maximum absolute atomic E-state index is 12.9. The Morgan fingerprint density at radius 1 is 1.24 bits per heavy atom. The highest BCUT2D eigenvalue weighted by Gasteiger charge is 2.40. The van der Waals surface area contributed by atoms with Gasteiger partial charge in [-0.15, -0.1) is 11.8 Å². The molecular weight excluding hydrogens is 336 g/mol. The summed E-state index contributed by atoms with van der Waals surface area (Å²) >= 11 is 1.49. The van der Waals surface area contributed by atoms with Crippen molar-refractivity contribution in [3.63, 3.8) is 0 Å². The van der Waals surface area contributed by atoms with Crippen LogP contribution in [0.1, 0.15) is 39.0 Å². The third-order valence-corrected chi connectivity index (χ3v) is 6.12. The van der Waals surface area contributed by atoms with Crippen molar-refractivity contribution < 1.29 is 14.3 Å². The van der Waals surface area contributed by atoms with E-state index in [1.54, 1.807) is 11.9 Å². The summed E-state index contributed by atoms with van der Waals surface area (Å²) in [5, 5.41) is 9.42. The number of hydrogen-bond acceptors (Lipinski definition) is 5. The van der Waals surface area contributed by atoms with Gasteiger partial charge in [0.15, 0.2) is 11.5 Å². The molecule has 3 rings (SSSR count). The van der Waals surface area contributed by atoms with E-state index in [0.717, 1.165) is 48.5 Å². The summed E-state index contributed by atoms with van der Waals surface area (Å²) in [4.78, 5) is 15.5. The van der Waals surface area contributed by atoms with Gasteiger partial charge in [-0.2, -0.15) is 5.26 Å². The Balaban J connectivity index is 1.69. The maximum Gasteiger partial charge on any atom is 0.236 e. The molecule has 1 fully saturated rings. The molecule has 2 aliphatic rings. The monoisotopic (exact) mass is 360 g/mol. The number of thioether (sulfide) groups is 1. The largest absolute Gasteiger partial charge is 0.486 e. The fourth-order valence-electron chi connectivity index (χ4n) is 3.49. The van der Waals surface area contributed by atoms with Gasteiger partial charge < -0.3 is 14.4 Å². The molecule has 1 atom stereocenters. The molecule has 1 aromatic rings. The zero-order valence-corrected chi connectivity index (χ0v) is 15.6. The maximum atomic E-state index is 12.9. The summed E-state index contributed by atoms with van der Waals surface area (Å²) in [7, 11) is 1.78. The van der Waals surface area contributed by atoms with Gasteiger partial charge in [0.05, 0.1) is 11.3 Å². The van der Waals surface area contributed by atoms with Crippen molar-refractivity contribution in [1.29, 1.82) is 5.26 Å². The molecule has 0 aromatic heterocycles. The lowest BCUT2D eigenvalue weighted by Gasteiger charge is -2.40. The summed E-state index contributed by atoms with van der Waals surface area (Å²) in [5.74, 6) is 1.48. The van der Waals surface area contributed by atoms with Crippen LogP contribution in [0.15, 0.2) is 23.1 Å². The lowest BCUT2D eigenvalue weighted by Crippen LogP contribution is -2.52. The number of rotatable bonds is 4. The fourth-order valence-corrected chi connectivity index (χ4v) is 4.48. The minimum absolute atomic E-state index is 0.00309. The first-order chi connectivity index (χ1) is 12.1. The van der Waals surface area contributed by atoms with E-state index in [9.17, 15) is 10.1 Å². The van der Waals surface area contributed by atoms with Crippen LogP contribution in [-0.2, 0) is 4.79 Å². The second-order valence-electron chi connectivity index (χ2n) is 6.67. The van der Waals surface area contributed by atoms with E-state index < -0.39 is 5.54 Å². The highest BCUT2D eigenvalue weighted by atomic mass is 32.2. The van der Waals surface area contributed by atoms with Gasteiger partial charge in [-0.05, 0) is 38.0 Å². The number of fused-ring (bicyclic) bond motifs is 1. The normalized spacial score (nSPS) is 19.6. The van der Waals surface area contributed by atoms with Gasteiger partial charge in [0.1, 0.15) is 18.8 Å². The molecule has 1 heterocycles. The minimum Gasteiger partial charge on any atom is -0.486 e. The summed E-state index contributed by atoms with van der Waals surface area (Å²) in [6.45, 7) is 3.01. The molecule has 0 bridgehead atoms. The van der Waals surface area contributed by atoms with Crippen molar-refractivity contribution in [2.75, 3.05) is 20.3 Å². The zero-order valence-electron chi connectivity index (χ0n) is 14.8. The predicted octanol–water partition coefficient (Wildman–Crippen LogP) is 3.62. The van der Waals surface area contributed by atoms with Gasteiger partial charge in [0.2, 0.25) is 5.91 Å². The summed E-state index contributed by atoms with van der Waals surface area (Å²) < 4.78 is 11.1. The first-order valence-corrected chi connectivity index (χ1v) is 9.69. The van der Waals surface area contributed by atoms with Gasteiger partial charge in [-0.25, -0.2) is 0 Å². The summed E-state index contributed by atoms with van der Waals surface area (Å²) in [6, 6.07) is 8.17. The fraction of sp³-hybridized carbons (Fsp3) is 0.579. The number of carbonyl (C=O) groups excluding carboxylic acids is 1. The van der Waals surface area contributed by atoms with E-state index in [2.05, 4.69) is 6.07 Å². The number of hydrogen-bond donors (Lipinski definition) is 0. The second kappa shape index (κ2) is 7.57. The van der Waals surface area contributed by atoms with Crippen LogP contribution in [0.4, 0.5) is 0 Å². The lowest BCUT2D eigenvalue weighted by molar-refractivity contribution is -0.133. The standard InChI is InChI=1S/C19H24N2O3S/c1-14(18(22)21(2)19(13-20)8-4-3-5-9-19)25-15-6-7-16-17(12-15)24-11-10-23-16/h6-7,12,14H,3-5,8-11H2,1-2H3/t14-/m0/s1. The van der Waals surface area contributed by atoms with Crippen molar-refractivity contribution in [2.24, 2.45) is 0 Å². The predicted molar refractivity (Wildman–Crippen MR) is 97.0 cm³/mol. The van der Waals surface area contributed by atoms with E-state index in [1.165, 1.54) is 11.8 Å². The Labute approximate surface area is 153 Å². The number of nitrogens with zero attached hydrogens (tertiary/aromatic N) is 2. The first-order valence-electron chi connectivity index (χ1n) is 8.81. The van der Waals surface area contributed by atoms with Gasteiger partial charge in [0.25, 0.3) is 0 Å². The summed E-state index contributed by atoms with van der Waals surface area (Å²) in [5.41, 5.74) is -0.642. The van der Waals surface area contributed by atoms with Crippen LogP contribution in [0.3, 0.4) is 0 Å². The topological polar surface area (TPSA) is 62.6 Å². The zero-order chi connectivity index (χ0) is 17.9. The van der Waals surface area contributed by atoms with E-state index >= 15 is 0 Å². The lowest BCUT2D eigenvalue weighted by atomic mass is 9.81. The number of ether oxygens (including phenoxy) is 2. The SMILES string of the molecule is C[C@H](Sc1ccc2c(c1)OCCO2)C(=O)N(C)C1(C#N)CCCCC1. The average molecular weight is 360 g/mol. The van der Waals surface area contributed by atoms with Crippen molar-refractivity contribution in [1.82, 2.24) is 4.90 Å². The molecule has 0 spiro atoms. The number of benzene rings is 1.